The van der Waals surface area contributed by atoms with Gasteiger partial charge in [0.15, 0.2) is 0 Å². The molecule has 0 radical (unpaired) electrons. The van der Waals surface area contributed by atoms with Gasteiger partial charge in [-0.3, -0.25) is 70.8 Å². The lowest BCUT2D eigenvalue weighted by Crippen LogP contribution is -2.02. The predicted molar refractivity (Wildman–Crippen MR) is 551 cm³/mol. The second-order valence-corrected chi connectivity index (χ2v) is 38.6. The smallest absolute Gasteiger partial charge is 0.406 e. The summed E-state index contributed by atoms with van der Waals surface area (Å²) in [5.74, 6) is 15.7. The molecule has 0 aromatic carbocycles. The number of aryl methyl sites for hydroxylation is 5. The SMILES string of the molecule is C.CC#Cc1cc(CC)sc1[N+](=O)[O-].CC(C)c1ccc([N+](=O)[O-])o1.CC(C)c1cnc([N+](=O)[O-])n1C.CCCSCc1cnc([N+](=O)[O-])n1C.CCCSCc1cnc([N+](=O)[O-])n1C.CCc1c(Br)nc([N+](=O)[O-])n1C.CCc1cc(Br)c([N+](=O)[O-])s1.Cc1csc(C(C)C)c1[N+](=O)[O-].Cc1csc(C(C)C)c1[N+](=O)[O-].[C-]#[N+]c1cc(C#CCC)sc1[N+](=O)[O-].[C-]#[N+]c1cc(CC)sc1[N+](=O)[O-]. The van der Waals surface area contributed by atoms with Crippen molar-refractivity contribution in [3.8, 4) is 23.7 Å². The van der Waals surface area contributed by atoms with E-state index in [0.717, 1.165) is 142 Å². The van der Waals surface area contributed by atoms with E-state index in [1.54, 1.807) is 115 Å². The summed E-state index contributed by atoms with van der Waals surface area (Å²) in [4.78, 5) is 136. The maximum absolute atomic E-state index is 10.6. The number of imidazole rings is 4. The van der Waals surface area contributed by atoms with E-state index < -0.39 is 34.5 Å². The molecule has 0 aliphatic rings. The highest BCUT2D eigenvalue weighted by Crippen LogP contribution is 2.41. The fraction of sp³-hybridized carbons (Fsp3) is 0.452. The Morgan fingerprint density at radius 1 is 0.471 bits per heavy atom. The van der Waals surface area contributed by atoms with E-state index in [2.05, 4.69) is 99.0 Å². The van der Waals surface area contributed by atoms with Gasteiger partial charge < -0.3 is 44.9 Å². The van der Waals surface area contributed by atoms with Crippen LogP contribution in [0.2, 0.25) is 0 Å². The number of thiophene rings is 6. The normalized spacial score (nSPS) is 9.96. The van der Waals surface area contributed by atoms with Gasteiger partial charge >= 0.3 is 49.7 Å². The van der Waals surface area contributed by atoms with E-state index in [4.69, 9.17) is 17.6 Å². The third-order valence-corrected chi connectivity index (χ3v) is 28.6. The molecule has 0 saturated carbocycles. The van der Waals surface area contributed by atoms with Gasteiger partial charge in [-0.25, -0.2) is 28.0 Å². The molecule has 11 aromatic rings. The number of aromatic nitrogens is 8. The van der Waals surface area contributed by atoms with Gasteiger partial charge in [0, 0.05) is 56.3 Å². The van der Waals surface area contributed by atoms with Crippen LogP contribution in [-0.2, 0) is 65.4 Å². The summed E-state index contributed by atoms with van der Waals surface area (Å²) in [6, 6.07) is 9.62. The average molecular weight is 2200 g/mol. The standard InChI is InChI=1S/C9H6N2O2S.C9H9NO2S.2C8H13N3O2S.2C8H11NO2S.C7H11N3O2.C7H6N2O2S.C7H9NO3.C6H8BrN3O2.C6H6BrNO2S.CH4/c1-3-4-5-7-6-8(10-2)9(14-7)11(12)13;1-3-5-7-6-8(4-2)13-9(7)10(11)12;2*1-3-4-14-6-7-5-9-8(10(7)2)11(12)13;2*1-5(2)8-7(9(10)11)6(3)4-12-8;1-5(2)6-4-8-7(9(6)3)10(11)12;1-3-5-4-6(8-2)7(12-5)9(10)11;1-5(2)6-3-4-7(11-6)8(9)10;1-3-4-5(7)8-6(9(4)2)10(11)12;1-2-4-3-5(7)6(11-4)8(9)10;/h6H,3H2,1H3;6H,4H2,1-2H3;2*5H,3-4,6H2,1-2H3;3*4-5H,1-3H3;4H,3H2,1H3;3-5H,1-2H3;3H2,1-2H3;3H,2H2,1H3;1H4. The Morgan fingerprint density at radius 3 is 1.16 bits per heavy atom. The highest BCUT2D eigenvalue weighted by atomic mass is 79.9. The van der Waals surface area contributed by atoms with E-state index in [1.807, 2.05) is 101 Å². The summed E-state index contributed by atoms with van der Waals surface area (Å²) in [6.07, 6.45) is 10.7. The van der Waals surface area contributed by atoms with Crippen molar-refractivity contribution in [2.75, 3.05) is 11.5 Å². The lowest BCUT2D eigenvalue weighted by Gasteiger charge is -2.01. The second-order valence-electron chi connectivity index (χ2n) is 28.6. The zero-order valence-electron chi connectivity index (χ0n) is 78.7. The Kier molecular flexibility index (Phi) is 58.0. The Bertz CT molecular complexity index is 6020. The van der Waals surface area contributed by atoms with Gasteiger partial charge in [0.2, 0.25) is 4.60 Å². The van der Waals surface area contributed by atoms with Crippen LogP contribution in [0.3, 0.4) is 0 Å². The van der Waals surface area contributed by atoms with Crippen molar-refractivity contribution in [3.63, 3.8) is 0 Å². The van der Waals surface area contributed by atoms with Gasteiger partial charge in [-0.15, -0.1) is 28.6 Å². The van der Waals surface area contributed by atoms with Gasteiger partial charge in [0.1, 0.15) is 62.1 Å². The van der Waals surface area contributed by atoms with Crippen LogP contribution in [0.1, 0.15) is 236 Å². The number of halogens is 2. The second kappa shape index (κ2) is 63.8. The minimum absolute atomic E-state index is 0. The third kappa shape index (κ3) is 40.3. The maximum Gasteiger partial charge on any atom is 0.435 e. The van der Waals surface area contributed by atoms with Crippen LogP contribution in [-0.4, -0.2) is 104 Å². The zero-order valence-corrected chi connectivity index (χ0v) is 88.4. The van der Waals surface area contributed by atoms with E-state index in [1.165, 1.54) is 75.7 Å². The fourth-order valence-electron chi connectivity index (χ4n) is 10.5. The topological polar surface area (TPSA) is 568 Å². The van der Waals surface area contributed by atoms with E-state index in [9.17, 15) is 111 Å². The fourth-order valence-corrected chi connectivity index (χ4v) is 19.2. The first-order chi connectivity index (χ1) is 64.3. The van der Waals surface area contributed by atoms with Crippen LogP contribution in [0.4, 0.5) is 72.4 Å². The molecule has 44 nitrogen and oxygen atoms in total. The molecule has 0 amide bonds. The number of hydrogen-bond donors (Lipinski definition) is 0. The number of nitrogens with zero attached hydrogens (tertiary/aromatic N) is 21. The molecule has 0 aliphatic heterocycles. The Labute approximate surface area is 845 Å². The largest absolute Gasteiger partial charge is 0.435 e. The van der Waals surface area contributed by atoms with Gasteiger partial charge in [-0.05, 0) is 163 Å². The first kappa shape index (κ1) is 125. The lowest BCUT2D eigenvalue weighted by atomic mass is 10.1. The van der Waals surface area contributed by atoms with Crippen LogP contribution >= 0.6 is 123 Å². The van der Waals surface area contributed by atoms with Crippen molar-refractivity contribution < 1.29 is 58.6 Å². The van der Waals surface area contributed by atoms with Gasteiger partial charge in [-0.1, -0.05) is 194 Å². The van der Waals surface area contributed by atoms with Crippen LogP contribution in [0, 0.1) is 162 Å². The van der Waals surface area contributed by atoms with E-state index in [-0.39, 0.29) is 112 Å². The van der Waals surface area contributed by atoms with Crippen molar-refractivity contribution >= 4 is 196 Å². The van der Waals surface area contributed by atoms with E-state index >= 15 is 0 Å². The molecule has 0 unspecified atom stereocenters. The minimum Gasteiger partial charge on any atom is -0.406 e. The van der Waals surface area contributed by atoms with Crippen molar-refractivity contribution in [1.29, 1.82) is 0 Å². The molecule has 0 fully saturated rings. The molecule has 11 heterocycles. The monoisotopic (exact) mass is 2190 g/mol. The number of nitro groups is 11. The summed E-state index contributed by atoms with van der Waals surface area (Å²) in [6.45, 7) is 48.2. The summed E-state index contributed by atoms with van der Waals surface area (Å²) < 4.78 is 12.1. The molecular weight excluding hydrogens is 2090 g/mol. The molecule has 54 heteroatoms. The molecule has 11 rings (SSSR count). The Morgan fingerprint density at radius 2 is 0.877 bits per heavy atom. The molecule has 748 valence electrons. The third-order valence-electron chi connectivity index (χ3n) is 17.3. The quantitative estimate of drug-likeness (QED) is 0.0152. The lowest BCUT2D eigenvalue weighted by molar-refractivity contribution is -0.402. The molecule has 0 bridgehead atoms. The zero-order chi connectivity index (χ0) is 105. The molecule has 138 heavy (non-hydrogen) atoms. The highest BCUT2D eigenvalue weighted by molar-refractivity contribution is 9.10. The van der Waals surface area contributed by atoms with Crippen molar-refractivity contribution in [1.82, 2.24) is 38.2 Å². The summed E-state index contributed by atoms with van der Waals surface area (Å²) in [5.41, 5.74) is 6.41. The van der Waals surface area contributed by atoms with Crippen LogP contribution in [0.5, 0.6) is 0 Å². The van der Waals surface area contributed by atoms with Crippen LogP contribution < -0.4 is 0 Å². The molecule has 11 aromatic heterocycles. The van der Waals surface area contributed by atoms with Crippen LogP contribution in [0.25, 0.3) is 9.69 Å². The van der Waals surface area contributed by atoms with Gasteiger partial charge in [0.25, 0.3) is 22.7 Å². The molecule has 0 atom stereocenters. The molecular formula is C84H107Br2N21O23S8. The first-order valence-corrected chi connectivity index (χ1v) is 49.8. The number of rotatable bonds is 27. The summed E-state index contributed by atoms with van der Waals surface area (Å²) in [7, 11) is 6.63. The van der Waals surface area contributed by atoms with Gasteiger partial charge in [-0.2, -0.15) is 23.5 Å². The maximum atomic E-state index is 10.6. The molecule has 0 aliphatic carbocycles. The number of furan rings is 1. The highest BCUT2D eigenvalue weighted by Gasteiger charge is 2.28. The minimum atomic E-state index is -0.546. The Balaban J connectivity index is 0.00000150. The predicted octanol–water partition coefficient (Wildman–Crippen LogP) is 27.5. The molecule has 0 N–H and O–H groups in total. The number of thioether (sulfide) groups is 2. The van der Waals surface area contributed by atoms with Crippen molar-refractivity contribution in [2.45, 2.75) is 212 Å². The summed E-state index contributed by atoms with van der Waals surface area (Å²) >= 11 is 17.2. The Hall–Kier alpha value is -12.5. The first-order valence-electron chi connectivity index (χ1n) is 40.9. The molecule has 0 spiro atoms. The van der Waals surface area contributed by atoms with Crippen molar-refractivity contribution in [3.05, 3.63) is 283 Å². The van der Waals surface area contributed by atoms with Crippen LogP contribution in [0.15, 0.2) is 79.2 Å². The number of hydrogen-bond acceptors (Lipinski definition) is 35. The summed E-state index contributed by atoms with van der Waals surface area (Å²) in [5, 5.41) is 119. The van der Waals surface area contributed by atoms with E-state index in [0.29, 0.717) is 43.1 Å². The van der Waals surface area contributed by atoms with Crippen molar-refractivity contribution in [2.24, 2.45) is 28.2 Å². The average Bonchev–Trinajstić information content (AvgIpc) is 1.68. The van der Waals surface area contributed by atoms with Gasteiger partial charge in [0.05, 0.1) is 103 Å². The molecule has 0 saturated heterocycles.